The lowest BCUT2D eigenvalue weighted by molar-refractivity contribution is 0.0690. The van der Waals surface area contributed by atoms with E-state index in [1.165, 1.54) is 0 Å². The Morgan fingerprint density at radius 2 is 2.17 bits per heavy atom. The molecule has 2 atom stereocenters. The highest BCUT2D eigenvalue weighted by Gasteiger charge is 2.27. The SMILES string of the molecule is Cc1cc(Cl)cc(C(=O)N2CCC(Br)C(C)C2)c1. The van der Waals surface area contributed by atoms with Crippen molar-refractivity contribution in [2.75, 3.05) is 13.1 Å². The Bertz CT molecular complexity index is 443. The first-order chi connectivity index (χ1) is 8.47. The molecule has 98 valence electrons. The quantitative estimate of drug-likeness (QED) is 0.715. The Morgan fingerprint density at radius 1 is 1.44 bits per heavy atom. The molecule has 2 rings (SSSR count). The fourth-order valence-electron chi connectivity index (χ4n) is 2.34. The smallest absolute Gasteiger partial charge is 0.253 e. The van der Waals surface area contributed by atoms with E-state index in [0.29, 0.717) is 21.3 Å². The zero-order valence-electron chi connectivity index (χ0n) is 10.6. The summed E-state index contributed by atoms with van der Waals surface area (Å²) >= 11 is 9.66. The first-order valence-electron chi connectivity index (χ1n) is 6.18. The van der Waals surface area contributed by atoms with Gasteiger partial charge in [-0.25, -0.2) is 0 Å². The maximum absolute atomic E-state index is 12.4. The number of hydrogen-bond donors (Lipinski definition) is 0. The van der Waals surface area contributed by atoms with Crippen LogP contribution < -0.4 is 0 Å². The normalized spacial score (nSPS) is 24.1. The predicted octanol–water partition coefficient (Wildman–Crippen LogP) is 3.89. The van der Waals surface area contributed by atoms with Gasteiger partial charge in [0.25, 0.3) is 5.91 Å². The molecule has 1 amide bonds. The van der Waals surface area contributed by atoms with Gasteiger partial charge in [-0.3, -0.25) is 4.79 Å². The monoisotopic (exact) mass is 329 g/mol. The van der Waals surface area contributed by atoms with Crippen LogP contribution in [-0.2, 0) is 0 Å². The largest absolute Gasteiger partial charge is 0.338 e. The summed E-state index contributed by atoms with van der Waals surface area (Å²) in [4.78, 5) is 14.8. The molecule has 0 N–H and O–H groups in total. The molecule has 0 bridgehead atoms. The van der Waals surface area contributed by atoms with Crippen LogP contribution in [0.1, 0.15) is 29.3 Å². The highest BCUT2D eigenvalue weighted by atomic mass is 79.9. The minimum Gasteiger partial charge on any atom is -0.338 e. The molecular weight excluding hydrogens is 314 g/mol. The van der Waals surface area contributed by atoms with Crippen LogP contribution >= 0.6 is 27.5 Å². The highest BCUT2D eigenvalue weighted by Crippen LogP contribution is 2.25. The second-order valence-corrected chi connectivity index (χ2v) is 6.66. The molecule has 0 aromatic heterocycles. The zero-order valence-corrected chi connectivity index (χ0v) is 13.0. The van der Waals surface area contributed by atoms with Crippen LogP contribution in [0, 0.1) is 12.8 Å². The average Bonchev–Trinajstić information content (AvgIpc) is 2.30. The molecule has 1 heterocycles. The zero-order chi connectivity index (χ0) is 13.3. The van der Waals surface area contributed by atoms with E-state index in [2.05, 4.69) is 22.9 Å². The van der Waals surface area contributed by atoms with Crippen LogP contribution in [-0.4, -0.2) is 28.7 Å². The lowest BCUT2D eigenvalue weighted by atomic mass is 9.99. The van der Waals surface area contributed by atoms with Crippen LogP contribution in [0.15, 0.2) is 18.2 Å². The molecule has 0 aliphatic carbocycles. The summed E-state index contributed by atoms with van der Waals surface area (Å²) in [5.74, 6) is 0.579. The molecule has 2 unspecified atom stereocenters. The Balaban J connectivity index is 2.16. The number of benzene rings is 1. The van der Waals surface area contributed by atoms with Gasteiger partial charge in [0.05, 0.1) is 0 Å². The molecule has 1 aromatic rings. The summed E-state index contributed by atoms with van der Waals surface area (Å²) in [7, 11) is 0. The molecule has 1 saturated heterocycles. The van der Waals surface area contributed by atoms with E-state index < -0.39 is 0 Å². The first-order valence-corrected chi connectivity index (χ1v) is 7.47. The van der Waals surface area contributed by atoms with Crippen LogP contribution in [0.2, 0.25) is 5.02 Å². The number of nitrogens with zero attached hydrogens (tertiary/aromatic N) is 1. The van der Waals surface area contributed by atoms with Gasteiger partial charge in [-0.05, 0) is 43.0 Å². The van der Waals surface area contributed by atoms with Crippen molar-refractivity contribution in [3.8, 4) is 0 Å². The Morgan fingerprint density at radius 3 is 2.78 bits per heavy atom. The van der Waals surface area contributed by atoms with Gasteiger partial charge in [0.2, 0.25) is 0 Å². The maximum atomic E-state index is 12.4. The van der Waals surface area contributed by atoms with Gasteiger partial charge < -0.3 is 4.90 Å². The number of halogens is 2. The summed E-state index contributed by atoms with van der Waals surface area (Å²) in [5.41, 5.74) is 1.72. The number of alkyl halides is 1. The highest BCUT2D eigenvalue weighted by molar-refractivity contribution is 9.09. The van der Waals surface area contributed by atoms with E-state index in [1.54, 1.807) is 6.07 Å². The third-order valence-corrected chi connectivity index (χ3v) is 4.96. The van der Waals surface area contributed by atoms with Crippen molar-refractivity contribution in [2.45, 2.75) is 25.1 Å². The van der Waals surface area contributed by atoms with Gasteiger partial charge in [0.15, 0.2) is 0 Å². The van der Waals surface area contributed by atoms with Crippen molar-refractivity contribution in [2.24, 2.45) is 5.92 Å². The third kappa shape index (κ3) is 3.07. The fraction of sp³-hybridized carbons (Fsp3) is 0.500. The molecule has 1 aliphatic heterocycles. The number of carbonyl (C=O) groups excluding carboxylic acids is 1. The number of aryl methyl sites for hydroxylation is 1. The van der Waals surface area contributed by atoms with Gasteiger partial charge in [-0.15, -0.1) is 0 Å². The molecule has 1 fully saturated rings. The molecule has 0 saturated carbocycles. The second kappa shape index (κ2) is 5.62. The maximum Gasteiger partial charge on any atom is 0.253 e. The number of rotatable bonds is 1. The van der Waals surface area contributed by atoms with Crippen molar-refractivity contribution in [1.82, 2.24) is 4.90 Å². The summed E-state index contributed by atoms with van der Waals surface area (Å²) < 4.78 is 0. The van der Waals surface area contributed by atoms with E-state index >= 15 is 0 Å². The van der Waals surface area contributed by atoms with Crippen molar-refractivity contribution < 1.29 is 4.79 Å². The van der Waals surface area contributed by atoms with Crippen molar-refractivity contribution in [1.29, 1.82) is 0 Å². The molecule has 2 nitrogen and oxygen atoms in total. The van der Waals surface area contributed by atoms with Gasteiger partial charge in [0.1, 0.15) is 0 Å². The Labute approximate surface area is 121 Å². The minimum absolute atomic E-state index is 0.0897. The second-order valence-electron chi connectivity index (χ2n) is 5.05. The van der Waals surface area contributed by atoms with E-state index in [9.17, 15) is 4.79 Å². The Hall–Kier alpha value is -0.540. The summed E-state index contributed by atoms with van der Waals surface area (Å²) in [6.07, 6.45) is 1.01. The summed E-state index contributed by atoms with van der Waals surface area (Å²) in [6, 6.07) is 5.52. The number of amides is 1. The van der Waals surface area contributed by atoms with Crippen LogP contribution in [0.3, 0.4) is 0 Å². The average molecular weight is 331 g/mol. The van der Waals surface area contributed by atoms with Gasteiger partial charge in [-0.1, -0.05) is 34.5 Å². The van der Waals surface area contributed by atoms with Crippen molar-refractivity contribution in [3.05, 3.63) is 34.3 Å². The molecule has 0 spiro atoms. The lowest BCUT2D eigenvalue weighted by Crippen LogP contribution is -2.43. The summed E-state index contributed by atoms with van der Waals surface area (Å²) in [5, 5.41) is 0.627. The van der Waals surface area contributed by atoms with Crippen LogP contribution in [0.5, 0.6) is 0 Å². The van der Waals surface area contributed by atoms with Gasteiger partial charge in [0, 0.05) is 28.5 Å². The standard InChI is InChI=1S/C14H17BrClNO/c1-9-5-11(7-12(16)6-9)14(18)17-4-3-13(15)10(2)8-17/h5-7,10,13H,3-4,8H2,1-2H3. The van der Waals surface area contributed by atoms with E-state index in [0.717, 1.165) is 25.1 Å². The lowest BCUT2D eigenvalue weighted by Gasteiger charge is -2.34. The van der Waals surface area contributed by atoms with Crippen molar-refractivity contribution in [3.63, 3.8) is 0 Å². The predicted molar refractivity (Wildman–Crippen MR) is 78.6 cm³/mol. The van der Waals surface area contributed by atoms with Crippen LogP contribution in [0.4, 0.5) is 0 Å². The summed E-state index contributed by atoms with van der Waals surface area (Å²) in [6.45, 7) is 5.74. The number of hydrogen-bond acceptors (Lipinski definition) is 1. The minimum atomic E-state index is 0.0897. The van der Waals surface area contributed by atoms with E-state index in [1.807, 2.05) is 24.0 Å². The first kappa shape index (κ1) is 13.9. The van der Waals surface area contributed by atoms with Gasteiger partial charge in [-0.2, -0.15) is 0 Å². The molecule has 18 heavy (non-hydrogen) atoms. The van der Waals surface area contributed by atoms with Crippen LogP contribution in [0.25, 0.3) is 0 Å². The van der Waals surface area contributed by atoms with E-state index in [-0.39, 0.29) is 5.91 Å². The van der Waals surface area contributed by atoms with Gasteiger partial charge >= 0.3 is 0 Å². The molecular formula is C14H17BrClNO. The number of carbonyl (C=O) groups is 1. The van der Waals surface area contributed by atoms with E-state index in [4.69, 9.17) is 11.6 Å². The fourth-order valence-corrected chi connectivity index (χ4v) is 3.01. The number of likely N-dealkylation sites (tertiary alicyclic amines) is 1. The molecule has 4 heteroatoms. The molecule has 1 aromatic carbocycles. The topological polar surface area (TPSA) is 20.3 Å². The third-order valence-electron chi connectivity index (χ3n) is 3.38. The number of piperidine rings is 1. The molecule has 0 radical (unpaired) electrons. The Kier molecular flexibility index (Phi) is 4.33. The van der Waals surface area contributed by atoms with Crippen molar-refractivity contribution >= 4 is 33.4 Å². The molecule has 1 aliphatic rings.